The lowest BCUT2D eigenvalue weighted by atomic mass is 9.93. The Balaban J connectivity index is 1.07. The van der Waals surface area contributed by atoms with E-state index in [1.54, 1.807) is 0 Å². The van der Waals surface area contributed by atoms with Crippen molar-refractivity contribution in [3.8, 4) is 39.1 Å². The second-order valence-corrected chi connectivity index (χ2v) is 16.9. The van der Waals surface area contributed by atoms with Crippen LogP contribution >= 0.6 is 0 Å². The monoisotopic (exact) mass is 844 g/mol. The molecule has 0 radical (unpaired) electrons. The molecule has 1 aliphatic heterocycles. The molecule has 66 heavy (non-hydrogen) atoms. The second kappa shape index (κ2) is 15.5. The van der Waals surface area contributed by atoms with E-state index in [-0.39, 0.29) is 0 Å². The zero-order valence-electron chi connectivity index (χ0n) is 35.8. The first-order valence-corrected chi connectivity index (χ1v) is 22.4. The number of benzene rings is 10. The Kier molecular flexibility index (Phi) is 8.84. The molecule has 5 heteroatoms. The molecular weight excluding hydrogens is 805 g/mol. The third-order valence-corrected chi connectivity index (χ3v) is 13.1. The quantitative estimate of drug-likeness (QED) is 0.174. The van der Waals surface area contributed by atoms with Crippen LogP contribution in [0, 0.1) is 0 Å². The minimum absolute atomic E-state index is 0.536. The number of para-hydroxylation sites is 3. The molecule has 310 valence electrons. The topological polar surface area (TPSA) is 54.8 Å². The van der Waals surface area contributed by atoms with Crippen LogP contribution < -0.4 is 5.32 Å². The predicted molar refractivity (Wildman–Crippen MR) is 274 cm³/mol. The van der Waals surface area contributed by atoms with Gasteiger partial charge in [-0.2, -0.15) is 0 Å². The molecule has 0 aliphatic carbocycles. The number of aliphatic imine (C=N–C) groups is 2. The van der Waals surface area contributed by atoms with Gasteiger partial charge in [-0.1, -0.05) is 194 Å². The second-order valence-electron chi connectivity index (χ2n) is 16.9. The van der Waals surface area contributed by atoms with Crippen LogP contribution in [-0.4, -0.2) is 16.2 Å². The lowest BCUT2D eigenvalue weighted by Crippen LogP contribution is -2.34. The van der Waals surface area contributed by atoms with E-state index in [4.69, 9.17) is 14.4 Å². The van der Waals surface area contributed by atoms with Gasteiger partial charge in [0.05, 0.1) is 11.0 Å². The molecule has 0 amide bonds. The molecule has 0 saturated carbocycles. The van der Waals surface area contributed by atoms with Gasteiger partial charge in [-0.25, -0.2) is 9.98 Å². The molecule has 13 rings (SSSR count). The number of amidine groups is 2. The summed E-state index contributed by atoms with van der Waals surface area (Å²) in [5, 5.41) is 10.9. The van der Waals surface area contributed by atoms with Gasteiger partial charge in [0, 0.05) is 49.5 Å². The van der Waals surface area contributed by atoms with Crippen LogP contribution in [0.2, 0.25) is 0 Å². The average molecular weight is 845 g/mol. The van der Waals surface area contributed by atoms with E-state index in [0.717, 1.165) is 94.6 Å². The van der Waals surface area contributed by atoms with Crippen LogP contribution in [0.5, 0.6) is 0 Å². The molecule has 10 aromatic carbocycles. The van der Waals surface area contributed by atoms with E-state index in [2.05, 4.69) is 234 Å². The fourth-order valence-electron chi connectivity index (χ4n) is 10.0. The summed E-state index contributed by atoms with van der Waals surface area (Å²) in [5.41, 5.74) is 14.3. The van der Waals surface area contributed by atoms with E-state index in [0.29, 0.717) is 5.84 Å². The molecular formula is C61H40N4O. The van der Waals surface area contributed by atoms with Crippen LogP contribution in [-0.2, 0) is 0 Å². The van der Waals surface area contributed by atoms with Gasteiger partial charge in [-0.15, -0.1) is 0 Å². The van der Waals surface area contributed by atoms with Crippen molar-refractivity contribution >= 4 is 66.2 Å². The molecule has 2 aromatic heterocycles. The van der Waals surface area contributed by atoms with Gasteiger partial charge in [0.25, 0.3) is 0 Å². The van der Waals surface area contributed by atoms with Crippen LogP contribution in [0.15, 0.2) is 245 Å². The Morgan fingerprint density at radius 1 is 0.409 bits per heavy atom. The molecule has 1 aliphatic rings. The van der Waals surface area contributed by atoms with Gasteiger partial charge in [0.2, 0.25) is 0 Å². The Morgan fingerprint density at radius 3 is 1.77 bits per heavy atom. The highest BCUT2D eigenvalue weighted by Gasteiger charge is 2.28. The van der Waals surface area contributed by atoms with E-state index >= 15 is 0 Å². The summed E-state index contributed by atoms with van der Waals surface area (Å²) in [5.74, 6) is 1.40. The summed E-state index contributed by atoms with van der Waals surface area (Å²) < 4.78 is 9.23. The molecule has 1 N–H and O–H groups in total. The Bertz CT molecular complexity index is 3920. The maximum atomic E-state index is 6.82. The fraction of sp³-hybridized carbons (Fsp3) is 0.0164. The van der Waals surface area contributed by atoms with Crippen molar-refractivity contribution in [1.82, 2.24) is 9.88 Å². The Labute approximate surface area is 381 Å². The highest BCUT2D eigenvalue weighted by Crippen LogP contribution is 2.42. The number of furan rings is 1. The number of aromatic nitrogens is 1. The SMILES string of the molecule is c1ccc(-c2ccccc2C2=NC(c3ccc(-n4c5ccccc5c5cc6ccccc6cc54)cc3-c3cccc4c3oc3ccccc34)NC(c3ccccc3-c3ccccc3)=N2)cc1. The normalized spacial score (nSPS) is 13.9. The van der Waals surface area contributed by atoms with Gasteiger partial charge >= 0.3 is 0 Å². The van der Waals surface area contributed by atoms with Crippen molar-refractivity contribution in [2.45, 2.75) is 6.17 Å². The third-order valence-electron chi connectivity index (χ3n) is 13.1. The highest BCUT2D eigenvalue weighted by atomic mass is 16.3. The molecule has 1 unspecified atom stereocenters. The maximum absolute atomic E-state index is 6.82. The molecule has 0 fully saturated rings. The third kappa shape index (κ3) is 6.24. The Hall–Kier alpha value is -8.80. The molecule has 5 nitrogen and oxygen atoms in total. The van der Waals surface area contributed by atoms with Crippen LogP contribution in [0.4, 0.5) is 0 Å². The largest absolute Gasteiger partial charge is 0.455 e. The van der Waals surface area contributed by atoms with E-state index in [1.807, 2.05) is 6.07 Å². The minimum Gasteiger partial charge on any atom is -0.455 e. The zero-order chi connectivity index (χ0) is 43.6. The van der Waals surface area contributed by atoms with Gasteiger partial charge in [-0.05, 0) is 75.0 Å². The maximum Gasteiger partial charge on any atom is 0.160 e. The number of hydrogen-bond acceptors (Lipinski definition) is 4. The van der Waals surface area contributed by atoms with Crippen LogP contribution in [0.25, 0.3) is 93.6 Å². The predicted octanol–water partition coefficient (Wildman–Crippen LogP) is 15.3. The molecule has 0 spiro atoms. The molecule has 0 bridgehead atoms. The van der Waals surface area contributed by atoms with E-state index < -0.39 is 6.17 Å². The van der Waals surface area contributed by atoms with E-state index in [1.165, 1.54) is 21.5 Å². The highest BCUT2D eigenvalue weighted by molar-refractivity contribution is 6.18. The van der Waals surface area contributed by atoms with Crippen molar-refractivity contribution in [3.05, 3.63) is 247 Å². The van der Waals surface area contributed by atoms with Crippen molar-refractivity contribution in [2.75, 3.05) is 0 Å². The molecule has 1 atom stereocenters. The number of nitrogens with zero attached hydrogens (tertiary/aromatic N) is 3. The van der Waals surface area contributed by atoms with Gasteiger partial charge in [0.15, 0.2) is 5.84 Å². The van der Waals surface area contributed by atoms with Gasteiger partial charge < -0.3 is 14.3 Å². The van der Waals surface area contributed by atoms with Crippen LogP contribution in [0.1, 0.15) is 22.9 Å². The fourth-order valence-corrected chi connectivity index (χ4v) is 10.0. The van der Waals surface area contributed by atoms with Gasteiger partial charge in [-0.3, -0.25) is 0 Å². The lowest BCUT2D eigenvalue weighted by Gasteiger charge is -2.27. The minimum atomic E-state index is -0.536. The van der Waals surface area contributed by atoms with Crippen molar-refractivity contribution < 1.29 is 4.42 Å². The molecule has 3 heterocycles. The Morgan fingerprint density at radius 2 is 1.00 bits per heavy atom. The number of hydrogen-bond donors (Lipinski definition) is 1. The first-order valence-electron chi connectivity index (χ1n) is 22.4. The first-order chi connectivity index (χ1) is 32.7. The molecule has 12 aromatic rings. The summed E-state index contributed by atoms with van der Waals surface area (Å²) in [7, 11) is 0. The molecule has 0 saturated heterocycles. The summed E-state index contributed by atoms with van der Waals surface area (Å²) >= 11 is 0. The van der Waals surface area contributed by atoms with Crippen molar-refractivity contribution in [1.29, 1.82) is 0 Å². The summed E-state index contributed by atoms with van der Waals surface area (Å²) in [6.07, 6.45) is -0.536. The smallest absolute Gasteiger partial charge is 0.160 e. The number of nitrogens with one attached hydrogen (secondary N) is 1. The summed E-state index contributed by atoms with van der Waals surface area (Å²) in [6.45, 7) is 0. The first kappa shape index (κ1) is 37.7. The summed E-state index contributed by atoms with van der Waals surface area (Å²) in [4.78, 5) is 11.0. The van der Waals surface area contributed by atoms with Crippen molar-refractivity contribution in [3.63, 3.8) is 0 Å². The van der Waals surface area contributed by atoms with E-state index in [9.17, 15) is 0 Å². The lowest BCUT2D eigenvalue weighted by molar-refractivity contribution is 0.667. The van der Waals surface area contributed by atoms with Gasteiger partial charge in [0.1, 0.15) is 23.2 Å². The number of rotatable bonds is 7. The van der Waals surface area contributed by atoms with Crippen LogP contribution in [0.3, 0.4) is 0 Å². The summed E-state index contributed by atoms with van der Waals surface area (Å²) in [6, 6.07) is 81.6. The standard InChI is InChI=1S/C61H40N4O/c1-3-18-39(19-4-1)44-24-9-11-28-50(44)59-62-60(51-29-12-10-25-45(51)40-20-5-2-6-21-40)64-61(63-59)52-35-34-43(38-53(52)49-31-17-30-48-47-27-14-16-33-57(47)66-58(48)49)65-55-32-15-13-26-46(55)54-36-41-22-7-8-23-42(41)37-56(54)65/h1-38,61H,(H,62,63,64). The zero-order valence-corrected chi connectivity index (χ0v) is 35.8. The van der Waals surface area contributed by atoms with Crippen molar-refractivity contribution in [2.24, 2.45) is 9.98 Å². The average Bonchev–Trinajstić information content (AvgIpc) is 3.94. The number of fused-ring (bicyclic) bond motifs is 7.